The first-order valence-electron chi connectivity index (χ1n) is 6.73. The van der Waals surface area contributed by atoms with Crippen molar-refractivity contribution in [1.82, 2.24) is 5.32 Å². The summed E-state index contributed by atoms with van der Waals surface area (Å²) in [7, 11) is 1.48. The first-order chi connectivity index (χ1) is 9.61. The molecule has 2 nitrogen and oxygen atoms in total. The molecule has 0 heterocycles. The first-order valence-corrected chi connectivity index (χ1v) is 6.73. The van der Waals surface area contributed by atoms with Gasteiger partial charge in [-0.3, -0.25) is 0 Å². The van der Waals surface area contributed by atoms with Gasteiger partial charge in [-0.1, -0.05) is 42.0 Å². The van der Waals surface area contributed by atoms with Crippen molar-refractivity contribution >= 4 is 0 Å². The molecule has 0 radical (unpaired) electrons. The smallest absolute Gasteiger partial charge is 0.169 e. The van der Waals surface area contributed by atoms with Crippen LogP contribution in [0.5, 0.6) is 5.75 Å². The molecule has 0 aliphatic rings. The fourth-order valence-electron chi connectivity index (χ4n) is 2.17. The van der Waals surface area contributed by atoms with E-state index in [9.17, 15) is 4.39 Å². The van der Waals surface area contributed by atoms with E-state index in [0.717, 1.165) is 0 Å². The van der Waals surface area contributed by atoms with Gasteiger partial charge in [0, 0.05) is 18.2 Å². The Morgan fingerprint density at radius 3 is 2.65 bits per heavy atom. The Morgan fingerprint density at radius 2 is 1.95 bits per heavy atom. The Morgan fingerprint density at radius 1 is 1.20 bits per heavy atom. The van der Waals surface area contributed by atoms with E-state index in [1.165, 1.54) is 18.2 Å². The largest absolute Gasteiger partial charge is 0.494 e. The van der Waals surface area contributed by atoms with Gasteiger partial charge in [-0.2, -0.15) is 0 Å². The van der Waals surface area contributed by atoms with Crippen molar-refractivity contribution in [3.8, 4) is 5.75 Å². The maximum absolute atomic E-state index is 14.0. The first kappa shape index (κ1) is 14.5. The molecule has 3 heteroatoms. The number of methoxy groups -OCH3 is 1. The standard InChI is InChI=1S/C17H20FNO/c1-12-6-4-7-14(10-12)13(2)19-11-15-8-5-9-16(20-3)17(15)18/h4-10,13,19H,11H2,1-3H3/t13-/m0/s1. The second-order valence-electron chi connectivity index (χ2n) is 4.95. The van der Waals surface area contributed by atoms with E-state index in [1.54, 1.807) is 18.2 Å². The Balaban J connectivity index is 2.05. The number of hydrogen-bond acceptors (Lipinski definition) is 2. The SMILES string of the molecule is COc1cccc(CN[C@@H](C)c2cccc(C)c2)c1F. The third kappa shape index (κ3) is 3.36. The van der Waals surface area contributed by atoms with E-state index >= 15 is 0 Å². The van der Waals surface area contributed by atoms with Gasteiger partial charge in [0.15, 0.2) is 11.6 Å². The second-order valence-corrected chi connectivity index (χ2v) is 4.95. The van der Waals surface area contributed by atoms with E-state index in [0.29, 0.717) is 12.1 Å². The third-order valence-corrected chi connectivity index (χ3v) is 3.40. The van der Waals surface area contributed by atoms with Crippen molar-refractivity contribution in [3.63, 3.8) is 0 Å². The highest BCUT2D eigenvalue weighted by Gasteiger charge is 2.10. The molecular formula is C17H20FNO. The molecule has 2 aromatic carbocycles. The van der Waals surface area contributed by atoms with E-state index < -0.39 is 0 Å². The summed E-state index contributed by atoms with van der Waals surface area (Å²) in [5, 5.41) is 3.34. The van der Waals surface area contributed by atoms with Crippen molar-refractivity contribution in [3.05, 3.63) is 65.0 Å². The lowest BCUT2D eigenvalue weighted by molar-refractivity contribution is 0.382. The quantitative estimate of drug-likeness (QED) is 0.889. The Hall–Kier alpha value is -1.87. The van der Waals surface area contributed by atoms with Crippen molar-refractivity contribution in [2.45, 2.75) is 26.4 Å². The molecule has 0 amide bonds. The number of hydrogen-bond donors (Lipinski definition) is 1. The predicted octanol–water partition coefficient (Wildman–Crippen LogP) is 3.99. The number of nitrogens with one attached hydrogen (secondary N) is 1. The second kappa shape index (κ2) is 6.53. The van der Waals surface area contributed by atoms with Gasteiger partial charge >= 0.3 is 0 Å². The summed E-state index contributed by atoms with van der Waals surface area (Å²) in [5.41, 5.74) is 3.04. The molecule has 0 bridgehead atoms. The minimum absolute atomic E-state index is 0.167. The molecule has 0 aromatic heterocycles. The van der Waals surface area contributed by atoms with Crippen LogP contribution in [0.1, 0.15) is 29.7 Å². The summed E-state index contributed by atoms with van der Waals surface area (Å²) >= 11 is 0. The maximum Gasteiger partial charge on any atom is 0.169 e. The van der Waals surface area contributed by atoms with E-state index in [-0.39, 0.29) is 17.6 Å². The molecule has 2 aromatic rings. The van der Waals surface area contributed by atoms with Crippen LogP contribution in [-0.2, 0) is 6.54 Å². The maximum atomic E-state index is 14.0. The molecule has 0 aliphatic heterocycles. The van der Waals surface area contributed by atoms with Gasteiger partial charge in [0.2, 0.25) is 0 Å². The van der Waals surface area contributed by atoms with Crippen LogP contribution in [0.3, 0.4) is 0 Å². The van der Waals surface area contributed by atoms with Crippen LogP contribution in [-0.4, -0.2) is 7.11 Å². The Labute approximate surface area is 119 Å². The number of halogens is 1. The van der Waals surface area contributed by atoms with Gasteiger partial charge in [0.05, 0.1) is 7.11 Å². The third-order valence-electron chi connectivity index (χ3n) is 3.40. The molecule has 1 N–H and O–H groups in total. The lowest BCUT2D eigenvalue weighted by Gasteiger charge is -2.15. The van der Waals surface area contributed by atoms with Gasteiger partial charge in [0.1, 0.15) is 0 Å². The molecule has 20 heavy (non-hydrogen) atoms. The summed E-state index contributed by atoms with van der Waals surface area (Å²) in [6, 6.07) is 13.7. The van der Waals surface area contributed by atoms with Crippen LogP contribution >= 0.6 is 0 Å². The molecule has 0 unspecified atom stereocenters. The zero-order valence-electron chi connectivity index (χ0n) is 12.1. The van der Waals surface area contributed by atoms with E-state index in [4.69, 9.17) is 4.74 Å². The highest BCUT2D eigenvalue weighted by atomic mass is 19.1. The van der Waals surface area contributed by atoms with Crippen molar-refractivity contribution in [1.29, 1.82) is 0 Å². The minimum Gasteiger partial charge on any atom is -0.494 e. The van der Waals surface area contributed by atoms with Crippen molar-refractivity contribution < 1.29 is 9.13 Å². The lowest BCUT2D eigenvalue weighted by atomic mass is 10.1. The number of rotatable bonds is 5. The van der Waals surface area contributed by atoms with Crippen LogP contribution in [0.2, 0.25) is 0 Å². The van der Waals surface area contributed by atoms with E-state index in [2.05, 4.69) is 37.4 Å². The van der Waals surface area contributed by atoms with E-state index in [1.807, 2.05) is 6.07 Å². The van der Waals surface area contributed by atoms with Crippen molar-refractivity contribution in [2.75, 3.05) is 7.11 Å². The van der Waals surface area contributed by atoms with Gasteiger partial charge in [-0.15, -0.1) is 0 Å². The average molecular weight is 273 g/mol. The molecule has 1 atom stereocenters. The van der Waals surface area contributed by atoms with Crippen LogP contribution < -0.4 is 10.1 Å². The monoisotopic (exact) mass is 273 g/mol. The van der Waals surface area contributed by atoms with Crippen molar-refractivity contribution in [2.24, 2.45) is 0 Å². The fraction of sp³-hybridized carbons (Fsp3) is 0.294. The average Bonchev–Trinajstić information content (AvgIpc) is 2.46. The highest BCUT2D eigenvalue weighted by Crippen LogP contribution is 2.21. The summed E-state index contributed by atoms with van der Waals surface area (Å²) in [6.45, 7) is 4.61. The summed E-state index contributed by atoms with van der Waals surface area (Å²) < 4.78 is 19.0. The molecule has 0 spiro atoms. The fourth-order valence-corrected chi connectivity index (χ4v) is 2.17. The normalized spacial score (nSPS) is 12.2. The van der Waals surface area contributed by atoms with Crippen LogP contribution in [0.4, 0.5) is 4.39 Å². The highest BCUT2D eigenvalue weighted by molar-refractivity contribution is 5.31. The molecular weight excluding hydrogens is 253 g/mol. The summed E-state index contributed by atoms with van der Waals surface area (Å²) in [6.07, 6.45) is 0. The van der Waals surface area contributed by atoms with Crippen LogP contribution in [0.15, 0.2) is 42.5 Å². The number of aryl methyl sites for hydroxylation is 1. The predicted molar refractivity (Wildman–Crippen MR) is 79.4 cm³/mol. The molecule has 0 fully saturated rings. The van der Waals surface area contributed by atoms with Crippen LogP contribution in [0, 0.1) is 12.7 Å². The van der Waals surface area contributed by atoms with Crippen LogP contribution in [0.25, 0.3) is 0 Å². The lowest BCUT2D eigenvalue weighted by Crippen LogP contribution is -2.19. The zero-order chi connectivity index (χ0) is 14.5. The molecule has 0 saturated carbocycles. The van der Waals surface area contributed by atoms with Gasteiger partial charge in [0.25, 0.3) is 0 Å². The number of benzene rings is 2. The Kier molecular flexibility index (Phi) is 4.74. The van der Waals surface area contributed by atoms with Gasteiger partial charge < -0.3 is 10.1 Å². The molecule has 106 valence electrons. The molecule has 2 rings (SSSR count). The summed E-state index contributed by atoms with van der Waals surface area (Å²) in [5.74, 6) is -0.00792. The zero-order valence-corrected chi connectivity index (χ0v) is 12.1. The minimum atomic E-state index is -0.293. The van der Waals surface area contributed by atoms with Gasteiger partial charge in [-0.25, -0.2) is 4.39 Å². The molecule has 0 aliphatic carbocycles. The topological polar surface area (TPSA) is 21.3 Å². The Bertz CT molecular complexity index is 583. The molecule has 0 saturated heterocycles. The number of ether oxygens (including phenoxy) is 1. The van der Waals surface area contributed by atoms with Gasteiger partial charge in [-0.05, 0) is 25.5 Å². The summed E-state index contributed by atoms with van der Waals surface area (Å²) in [4.78, 5) is 0.